The van der Waals surface area contributed by atoms with Gasteiger partial charge in [0, 0.05) is 51.4 Å². The molecule has 2 aliphatic heterocycles. The highest BCUT2D eigenvalue weighted by Gasteiger charge is 2.26. The minimum atomic E-state index is 0.395. The lowest BCUT2D eigenvalue weighted by Gasteiger charge is -2.40. The van der Waals surface area contributed by atoms with Gasteiger partial charge in [0.2, 0.25) is 0 Å². The van der Waals surface area contributed by atoms with Crippen molar-refractivity contribution in [2.45, 2.75) is 39.0 Å². The van der Waals surface area contributed by atoms with Crippen LogP contribution < -0.4 is 5.32 Å². The summed E-state index contributed by atoms with van der Waals surface area (Å²) in [7, 11) is 0. The van der Waals surface area contributed by atoms with Crippen LogP contribution in [0.1, 0.15) is 20.8 Å². The quantitative estimate of drug-likeness (QED) is 0.773. The standard InChI is InChI=1S/C13H27N3O/c1-11(2)15-6-7-17-13(9-15)10-16-5-4-14-8-12(16)3/h11-14H,4-10H2,1-3H3/t12-,13?/m0/s1. The van der Waals surface area contributed by atoms with Crippen molar-refractivity contribution in [3.8, 4) is 0 Å². The molecular formula is C13H27N3O. The van der Waals surface area contributed by atoms with Crippen LogP contribution in [0.25, 0.3) is 0 Å². The molecule has 4 heteroatoms. The van der Waals surface area contributed by atoms with Gasteiger partial charge < -0.3 is 10.1 Å². The lowest BCUT2D eigenvalue weighted by molar-refractivity contribution is -0.0578. The first-order valence-corrected chi connectivity index (χ1v) is 6.97. The number of hydrogen-bond donors (Lipinski definition) is 1. The lowest BCUT2D eigenvalue weighted by Crippen LogP contribution is -2.55. The zero-order valence-corrected chi connectivity index (χ0v) is 11.5. The monoisotopic (exact) mass is 241 g/mol. The van der Waals surface area contributed by atoms with E-state index >= 15 is 0 Å². The maximum atomic E-state index is 5.91. The molecule has 0 aromatic heterocycles. The van der Waals surface area contributed by atoms with Gasteiger partial charge in [-0.05, 0) is 20.8 Å². The average molecular weight is 241 g/mol. The van der Waals surface area contributed by atoms with Crippen LogP contribution in [-0.4, -0.2) is 73.9 Å². The van der Waals surface area contributed by atoms with Crippen molar-refractivity contribution in [3.63, 3.8) is 0 Å². The summed E-state index contributed by atoms with van der Waals surface area (Å²) in [6.45, 7) is 14.4. The molecule has 0 aromatic carbocycles. The third-order valence-electron chi connectivity index (χ3n) is 3.98. The Hall–Kier alpha value is -0.160. The predicted molar refractivity (Wildman–Crippen MR) is 70.4 cm³/mol. The van der Waals surface area contributed by atoms with Gasteiger partial charge in [0.15, 0.2) is 0 Å². The minimum absolute atomic E-state index is 0.395. The van der Waals surface area contributed by atoms with E-state index in [2.05, 4.69) is 35.9 Å². The molecule has 2 atom stereocenters. The fraction of sp³-hybridized carbons (Fsp3) is 1.00. The average Bonchev–Trinajstić information content (AvgIpc) is 2.32. The predicted octanol–water partition coefficient (Wildman–Crippen LogP) is 0.389. The molecule has 1 unspecified atom stereocenters. The van der Waals surface area contributed by atoms with E-state index in [1.807, 2.05) is 0 Å². The maximum Gasteiger partial charge on any atom is 0.0829 e. The molecule has 2 saturated heterocycles. The highest BCUT2D eigenvalue weighted by Crippen LogP contribution is 2.12. The van der Waals surface area contributed by atoms with E-state index in [1.165, 1.54) is 0 Å². The number of nitrogens with zero attached hydrogens (tertiary/aromatic N) is 2. The van der Waals surface area contributed by atoms with E-state index in [-0.39, 0.29) is 0 Å². The molecule has 0 aromatic rings. The van der Waals surface area contributed by atoms with Crippen LogP contribution in [0, 0.1) is 0 Å². The number of nitrogens with one attached hydrogen (secondary N) is 1. The Morgan fingerprint density at radius 2 is 2.18 bits per heavy atom. The summed E-state index contributed by atoms with van der Waals surface area (Å²) in [5.41, 5.74) is 0. The Balaban J connectivity index is 1.81. The second-order valence-electron chi connectivity index (χ2n) is 5.63. The Morgan fingerprint density at radius 3 is 2.88 bits per heavy atom. The van der Waals surface area contributed by atoms with Crippen molar-refractivity contribution in [3.05, 3.63) is 0 Å². The summed E-state index contributed by atoms with van der Waals surface area (Å²) < 4.78 is 5.91. The lowest BCUT2D eigenvalue weighted by atomic mass is 10.1. The number of ether oxygens (including phenoxy) is 1. The van der Waals surface area contributed by atoms with Crippen LogP contribution in [0.4, 0.5) is 0 Å². The molecule has 0 amide bonds. The van der Waals surface area contributed by atoms with Gasteiger partial charge in [0.25, 0.3) is 0 Å². The largest absolute Gasteiger partial charge is 0.374 e. The summed E-state index contributed by atoms with van der Waals surface area (Å²) in [4.78, 5) is 5.09. The second kappa shape index (κ2) is 6.14. The SMILES string of the molecule is CC(C)N1CCOC(CN2CCNC[C@@H]2C)C1. The Kier molecular flexibility index (Phi) is 4.79. The Labute approximate surface area is 105 Å². The second-order valence-corrected chi connectivity index (χ2v) is 5.63. The summed E-state index contributed by atoms with van der Waals surface area (Å²) in [5, 5.41) is 3.44. The van der Waals surface area contributed by atoms with E-state index in [0.717, 1.165) is 45.9 Å². The van der Waals surface area contributed by atoms with E-state index < -0.39 is 0 Å². The van der Waals surface area contributed by atoms with E-state index in [4.69, 9.17) is 4.74 Å². The first kappa shape index (κ1) is 13.3. The van der Waals surface area contributed by atoms with Gasteiger partial charge in [-0.15, -0.1) is 0 Å². The van der Waals surface area contributed by atoms with Crippen LogP contribution in [0.15, 0.2) is 0 Å². The molecule has 17 heavy (non-hydrogen) atoms. The fourth-order valence-electron chi connectivity index (χ4n) is 2.74. The molecule has 0 saturated carbocycles. The van der Waals surface area contributed by atoms with Crippen LogP contribution in [0.3, 0.4) is 0 Å². The van der Waals surface area contributed by atoms with E-state index in [9.17, 15) is 0 Å². The van der Waals surface area contributed by atoms with Crippen LogP contribution in [0.2, 0.25) is 0 Å². The first-order valence-electron chi connectivity index (χ1n) is 6.97. The van der Waals surface area contributed by atoms with Gasteiger partial charge in [-0.1, -0.05) is 0 Å². The maximum absolute atomic E-state index is 5.91. The molecule has 0 aliphatic carbocycles. The van der Waals surface area contributed by atoms with Gasteiger partial charge in [0.05, 0.1) is 12.7 Å². The highest BCUT2D eigenvalue weighted by molar-refractivity contribution is 4.82. The third-order valence-corrected chi connectivity index (χ3v) is 3.98. The Bertz CT molecular complexity index is 235. The number of morpholine rings is 1. The first-order chi connectivity index (χ1) is 8.16. The van der Waals surface area contributed by atoms with Gasteiger partial charge in [-0.3, -0.25) is 9.80 Å². The normalized spacial score (nSPS) is 33.2. The van der Waals surface area contributed by atoms with Crippen LogP contribution in [-0.2, 0) is 4.74 Å². The van der Waals surface area contributed by atoms with Crippen molar-refractivity contribution in [2.75, 3.05) is 45.9 Å². The topological polar surface area (TPSA) is 27.7 Å². The van der Waals surface area contributed by atoms with E-state index in [1.54, 1.807) is 0 Å². The summed E-state index contributed by atoms with van der Waals surface area (Å²) in [5.74, 6) is 0. The summed E-state index contributed by atoms with van der Waals surface area (Å²) >= 11 is 0. The molecule has 2 aliphatic rings. The highest BCUT2D eigenvalue weighted by atomic mass is 16.5. The number of hydrogen-bond acceptors (Lipinski definition) is 4. The van der Waals surface area contributed by atoms with Gasteiger partial charge in [-0.25, -0.2) is 0 Å². The molecule has 0 radical (unpaired) electrons. The Morgan fingerprint density at radius 1 is 1.35 bits per heavy atom. The van der Waals surface area contributed by atoms with Crippen molar-refractivity contribution < 1.29 is 4.74 Å². The van der Waals surface area contributed by atoms with Gasteiger partial charge in [0.1, 0.15) is 0 Å². The molecule has 0 bridgehead atoms. The van der Waals surface area contributed by atoms with Crippen molar-refractivity contribution in [2.24, 2.45) is 0 Å². The van der Waals surface area contributed by atoms with Gasteiger partial charge in [-0.2, -0.15) is 0 Å². The number of rotatable bonds is 3. The van der Waals surface area contributed by atoms with Crippen molar-refractivity contribution in [1.82, 2.24) is 15.1 Å². The molecule has 0 spiro atoms. The third kappa shape index (κ3) is 3.65. The molecule has 2 heterocycles. The zero-order chi connectivity index (χ0) is 12.3. The molecular weight excluding hydrogens is 214 g/mol. The molecule has 100 valence electrons. The molecule has 1 N–H and O–H groups in total. The molecule has 2 rings (SSSR count). The summed E-state index contributed by atoms with van der Waals surface area (Å²) in [6, 6.07) is 1.28. The molecule has 4 nitrogen and oxygen atoms in total. The van der Waals surface area contributed by atoms with Crippen LogP contribution in [0.5, 0.6) is 0 Å². The smallest absolute Gasteiger partial charge is 0.0829 e. The van der Waals surface area contributed by atoms with E-state index in [0.29, 0.717) is 18.2 Å². The van der Waals surface area contributed by atoms with Crippen molar-refractivity contribution >= 4 is 0 Å². The van der Waals surface area contributed by atoms with Crippen molar-refractivity contribution in [1.29, 1.82) is 0 Å². The van der Waals surface area contributed by atoms with Crippen LogP contribution >= 0.6 is 0 Å². The van der Waals surface area contributed by atoms with Gasteiger partial charge >= 0.3 is 0 Å². The zero-order valence-electron chi connectivity index (χ0n) is 11.5. The molecule has 2 fully saturated rings. The minimum Gasteiger partial charge on any atom is -0.374 e. The number of piperazine rings is 1. The summed E-state index contributed by atoms with van der Waals surface area (Å²) in [6.07, 6.45) is 0.395. The fourth-order valence-corrected chi connectivity index (χ4v) is 2.74.